The molecular formula is C12H15ClO3S2. The number of epoxide rings is 2. The lowest BCUT2D eigenvalue weighted by Crippen LogP contribution is -1.91. The van der Waals surface area contributed by atoms with Crippen LogP contribution in [0.4, 0.5) is 0 Å². The summed E-state index contributed by atoms with van der Waals surface area (Å²) in [6, 6.07) is 9.44. The molecule has 0 N–H and O–H groups in total. The van der Waals surface area contributed by atoms with Crippen LogP contribution in [0.1, 0.15) is 0 Å². The van der Waals surface area contributed by atoms with Crippen molar-refractivity contribution in [3.05, 3.63) is 35.4 Å². The smallest absolute Gasteiger partial charge is 0.0922 e. The fourth-order valence-electron chi connectivity index (χ4n) is 0.985. The number of halogens is 1. The van der Waals surface area contributed by atoms with Gasteiger partial charge >= 0.3 is 0 Å². The van der Waals surface area contributed by atoms with Crippen LogP contribution in [-0.2, 0) is 13.1 Å². The van der Waals surface area contributed by atoms with Crippen LogP contribution in [0.2, 0.25) is 5.02 Å². The topological polar surface area (TPSA) is 34.3 Å². The van der Waals surface area contributed by atoms with Gasteiger partial charge in [0.2, 0.25) is 0 Å². The predicted octanol–water partition coefficient (Wildman–Crippen LogP) is 3.44. The first-order valence-electron chi connectivity index (χ1n) is 5.69. The van der Waals surface area contributed by atoms with Crippen molar-refractivity contribution < 1.29 is 13.1 Å². The van der Waals surface area contributed by atoms with Gasteiger partial charge in [-0.1, -0.05) is 29.8 Å². The van der Waals surface area contributed by atoms with Crippen molar-refractivity contribution in [1.82, 2.24) is 0 Å². The first-order chi connectivity index (χ1) is 8.84. The summed E-state index contributed by atoms with van der Waals surface area (Å²) in [5.74, 6) is 1.91. The zero-order valence-corrected chi connectivity index (χ0v) is 12.2. The van der Waals surface area contributed by atoms with Gasteiger partial charge in [-0.2, -0.15) is 0 Å². The molecule has 0 aliphatic carbocycles. The Hall–Kier alpha value is 0.0900. The lowest BCUT2D eigenvalue weighted by Gasteiger charge is -1.96. The van der Waals surface area contributed by atoms with Crippen LogP contribution in [0.5, 0.6) is 0 Å². The van der Waals surface area contributed by atoms with Crippen molar-refractivity contribution in [2.45, 2.75) is 12.2 Å². The second kappa shape index (κ2) is 8.30. The minimum absolute atomic E-state index is 0.456. The van der Waals surface area contributed by atoms with E-state index in [2.05, 4.69) is 0 Å². The molecule has 6 heteroatoms. The minimum Gasteiger partial charge on any atom is -0.372 e. The molecule has 0 aromatic heterocycles. The fourth-order valence-corrected chi connectivity index (χ4v) is 2.54. The normalized spacial score (nSPS) is 24.1. The van der Waals surface area contributed by atoms with Gasteiger partial charge in [-0.25, -0.2) is 3.63 Å². The highest BCUT2D eigenvalue weighted by Gasteiger charge is 2.24. The highest BCUT2D eigenvalue weighted by atomic mass is 35.5. The molecule has 2 aliphatic rings. The van der Waals surface area contributed by atoms with Crippen LogP contribution in [0.25, 0.3) is 0 Å². The molecule has 3 nitrogen and oxygen atoms in total. The molecule has 1 aromatic rings. The van der Waals surface area contributed by atoms with Crippen LogP contribution in [0, 0.1) is 0 Å². The van der Waals surface area contributed by atoms with E-state index in [0.29, 0.717) is 12.2 Å². The number of hydrogen-bond acceptors (Lipinski definition) is 5. The van der Waals surface area contributed by atoms with Crippen LogP contribution in [-0.4, -0.2) is 36.9 Å². The lowest BCUT2D eigenvalue weighted by molar-refractivity contribution is 0.424. The van der Waals surface area contributed by atoms with Gasteiger partial charge in [-0.15, -0.1) is 0 Å². The molecule has 3 rings (SSSR count). The van der Waals surface area contributed by atoms with Gasteiger partial charge in [-0.3, -0.25) is 0 Å². The van der Waals surface area contributed by atoms with Gasteiger partial charge in [0.05, 0.1) is 25.4 Å². The summed E-state index contributed by atoms with van der Waals surface area (Å²) in [6.07, 6.45) is 0.913. The van der Waals surface area contributed by atoms with Gasteiger partial charge < -0.3 is 9.47 Å². The number of benzene rings is 1. The van der Waals surface area contributed by atoms with E-state index in [-0.39, 0.29) is 0 Å². The third-order valence-electron chi connectivity index (χ3n) is 2.14. The van der Waals surface area contributed by atoms with E-state index in [1.807, 2.05) is 30.3 Å². The molecular weight excluding hydrogens is 292 g/mol. The van der Waals surface area contributed by atoms with Crippen LogP contribution < -0.4 is 0 Å². The van der Waals surface area contributed by atoms with Crippen LogP contribution >= 0.6 is 35.7 Å². The van der Waals surface area contributed by atoms with Crippen molar-refractivity contribution in [2.75, 3.05) is 24.7 Å². The molecule has 0 bridgehead atoms. The number of rotatable bonds is 6. The van der Waals surface area contributed by atoms with E-state index in [1.165, 1.54) is 24.1 Å². The van der Waals surface area contributed by atoms with E-state index in [0.717, 1.165) is 29.7 Å². The molecule has 0 radical (unpaired) electrons. The molecule has 0 saturated carbocycles. The maximum absolute atomic E-state index is 5.54. The zero-order valence-electron chi connectivity index (χ0n) is 9.79. The summed E-state index contributed by atoms with van der Waals surface area (Å²) >= 11 is 8.49. The van der Waals surface area contributed by atoms with E-state index >= 15 is 0 Å². The highest BCUT2D eigenvalue weighted by Crippen LogP contribution is 2.24. The molecule has 2 fully saturated rings. The first-order valence-corrected chi connectivity index (χ1v) is 7.89. The summed E-state index contributed by atoms with van der Waals surface area (Å²) in [7, 11) is 0. The fraction of sp³-hybridized carbons (Fsp3) is 0.500. The van der Waals surface area contributed by atoms with Crippen molar-refractivity contribution >= 4 is 35.7 Å². The Morgan fingerprint density at radius 3 is 1.89 bits per heavy atom. The van der Waals surface area contributed by atoms with Gasteiger partial charge in [0.25, 0.3) is 0 Å². The highest BCUT2D eigenvalue weighted by molar-refractivity contribution is 8.07. The average molecular weight is 307 g/mol. The zero-order chi connectivity index (χ0) is 12.6. The molecule has 0 amide bonds. The summed E-state index contributed by atoms with van der Waals surface area (Å²) in [5.41, 5.74) is 0. The minimum atomic E-state index is 0.456. The molecule has 1 aromatic carbocycles. The maximum atomic E-state index is 5.54. The average Bonchev–Trinajstić information content (AvgIpc) is 3.26. The molecule has 2 atom stereocenters. The second-order valence-electron chi connectivity index (χ2n) is 3.84. The van der Waals surface area contributed by atoms with E-state index in [1.54, 1.807) is 0 Å². The van der Waals surface area contributed by atoms with E-state index in [4.69, 9.17) is 24.7 Å². The second-order valence-corrected chi connectivity index (χ2v) is 5.96. The summed E-state index contributed by atoms with van der Waals surface area (Å²) < 4.78 is 15.2. The number of ether oxygens (including phenoxy) is 2. The van der Waals surface area contributed by atoms with E-state index < -0.39 is 0 Å². The van der Waals surface area contributed by atoms with Crippen molar-refractivity contribution in [2.24, 2.45) is 0 Å². The third-order valence-corrected chi connectivity index (χ3v) is 4.18. The first kappa shape index (κ1) is 14.5. The summed E-state index contributed by atoms with van der Waals surface area (Å²) in [6.45, 7) is 1.82. The molecule has 0 spiro atoms. The SMILES string of the molecule is C1OC1CSOSCC1CO1.Clc1ccccc1. The van der Waals surface area contributed by atoms with Crippen molar-refractivity contribution in [1.29, 1.82) is 0 Å². The van der Waals surface area contributed by atoms with Gasteiger partial charge in [0.1, 0.15) is 0 Å². The third kappa shape index (κ3) is 7.51. The Morgan fingerprint density at radius 2 is 1.56 bits per heavy atom. The summed E-state index contributed by atoms with van der Waals surface area (Å²) in [4.78, 5) is 0. The van der Waals surface area contributed by atoms with Gasteiger partial charge in [-0.05, 0) is 12.1 Å². The lowest BCUT2D eigenvalue weighted by atomic mass is 10.4. The quantitative estimate of drug-likeness (QED) is 0.457. The maximum Gasteiger partial charge on any atom is 0.0922 e. The Morgan fingerprint density at radius 1 is 1.06 bits per heavy atom. The summed E-state index contributed by atoms with van der Waals surface area (Å²) in [5, 5.41) is 0.794. The molecule has 2 heterocycles. The monoisotopic (exact) mass is 306 g/mol. The largest absolute Gasteiger partial charge is 0.372 e. The predicted molar refractivity (Wildman–Crippen MR) is 76.9 cm³/mol. The standard InChI is InChI=1S/C6H5Cl.C6H10O3S2/c7-6-4-2-1-3-5-6;1-5(7-1)3-10-9-11-4-6-2-8-6/h1-5H;5-6H,1-4H2. The molecule has 2 aliphatic heterocycles. The Kier molecular flexibility index (Phi) is 6.68. The van der Waals surface area contributed by atoms with Gasteiger partial charge in [0, 0.05) is 40.6 Å². The molecule has 100 valence electrons. The molecule has 2 unspecified atom stereocenters. The van der Waals surface area contributed by atoms with Crippen molar-refractivity contribution in [3.63, 3.8) is 0 Å². The van der Waals surface area contributed by atoms with Crippen LogP contribution in [0.3, 0.4) is 0 Å². The number of hydrogen-bond donors (Lipinski definition) is 0. The Labute approximate surface area is 121 Å². The van der Waals surface area contributed by atoms with Crippen molar-refractivity contribution in [3.8, 4) is 0 Å². The van der Waals surface area contributed by atoms with Crippen LogP contribution in [0.15, 0.2) is 30.3 Å². The Bertz CT molecular complexity index is 317. The van der Waals surface area contributed by atoms with Gasteiger partial charge in [0.15, 0.2) is 0 Å². The Balaban J connectivity index is 0.000000149. The van der Waals surface area contributed by atoms with E-state index in [9.17, 15) is 0 Å². The molecule has 2 saturated heterocycles. The molecule has 18 heavy (non-hydrogen) atoms.